The van der Waals surface area contributed by atoms with E-state index in [1.807, 2.05) is 30.3 Å². The Kier molecular flexibility index (Phi) is 4.95. The average Bonchev–Trinajstić information content (AvgIpc) is 2.85. The van der Waals surface area contributed by atoms with Crippen LogP contribution in [0.1, 0.15) is 31.2 Å². The monoisotopic (exact) mass is 315 g/mol. The first kappa shape index (κ1) is 15.6. The maximum atomic E-state index is 12.5. The summed E-state index contributed by atoms with van der Waals surface area (Å²) in [4.78, 5) is 25.6. The van der Waals surface area contributed by atoms with E-state index >= 15 is 0 Å². The first-order valence-electron chi connectivity index (χ1n) is 8.10. The number of ether oxygens (including phenoxy) is 2. The van der Waals surface area contributed by atoms with Gasteiger partial charge in [-0.3, -0.25) is 0 Å². The fourth-order valence-electron chi connectivity index (χ4n) is 3.10. The van der Waals surface area contributed by atoms with Gasteiger partial charge in [-0.1, -0.05) is 43.2 Å². The molecular formula is C18H21NO4. The molecular weight excluding hydrogens is 294 g/mol. The molecule has 0 radical (unpaired) electrons. The molecule has 2 aliphatic heterocycles. The zero-order valence-electron chi connectivity index (χ0n) is 13.0. The van der Waals surface area contributed by atoms with Crippen molar-refractivity contribution < 1.29 is 19.1 Å². The van der Waals surface area contributed by atoms with E-state index in [1.165, 1.54) is 6.08 Å². The zero-order chi connectivity index (χ0) is 16.1. The number of nitrogens with zero attached hydrogens (tertiary/aromatic N) is 1. The maximum absolute atomic E-state index is 12.5. The highest BCUT2D eigenvalue weighted by atomic mass is 16.6. The van der Waals surface area contributed by atoms with Crippen LogP contribution >= 0.6 is 0 Å². The lowest BCUT2D eigenvalue weighted by molar-refractivity contribution is -0.141. The summed E-state index contributed by atoms with van der Waals surface area (Å²) in [6.07, 6.45) is 6.35. The number of amides is 1. The molecule has 2 aliphatic rings. The van der Waals surface area contributed by atoms with E-state index in [-0.39, 0.29) is 30.8 Å². The molecule has 1 saturated heterocycles. The molecule has 2 atom stereocenters. The Morgan fingerprint density at radius 2 is 2.04 bits per heavy atom. The van der Waals surface area contributed by atoms with Crippen molar-refractivity contribution in [2.45, 2.75) is 44.4 Å². The van der Waals surface area contributed by atoms with Crippen LogP contribution in [0.2, 0.25) is 0 Å². The summed E-state index contributed by atoms with van der Waals surface area (Å²) in [6.45, 7) is 0.892. The lowest BCUT2D eigenvalue weighted by Crippen LogP contribution is -2.46. The summed E-state index contributed by atoms with van der Waals surface area (Å²) in [5, 5.41) is 0. The second kappa shape index (κ2) is 7.31. The highest BCUT2D eigenvalue weighted by Gasteiger charge is 2.35. The SMILES string of the molecule is O=C1C=C[C@@H]([C@H]2CCCCCN2C(=O)OCc2ccccc2)O1. The van der Waals surface area contributed by atoms with Gasteiger partial charge in [0.2, 0.25) is 0 Å². The van der Waals surface area contributed by atoms with Crippen molar-refractivity contribution in [2.24, 2.45) is 0 Å². The first-order chi connectivity index (χ1) is 11.2. The van der Waals surface area contributed by atoms with Crippen LogP contribution in [-0.2, 0) is 20.9 Å². The van der Waals surface area contributed by atoms with Crippen molar-refractivity contribution in [3.63, 3.8) is 0 Å². The molecule has 1 fully saturated rings. The van der Waals surface area contributed by atoms with Crippen LogP contribution in [0.3, 0.4) is 0 Å². The number of benzene rings is 1. The fraction of sp³-hybridized carbons (Fsp3) is 0.444. The van der Waals surface area contributed by atoms with Gasteiger partial charge in [0, 0.05) is 12.6 Å². The van der Waals surface area contributed by atoms with E-state index in [9.17, 15) is 9.59 Å². The molecule has 122 valence electrons. The summed E-state index contributed by atoms with van der Waals surface area (Å²) >= 11 is 0. The van der Waals surface area contributed by atoms with Crippen molar-refractivity contribution in [3.05, 3.63) is 48.0 Å². The molecule has 0 unspecified atom stereocenters. The number of carbonyl (C=O) groups is 2. The number of hydrogen-bond acceptors (Lipinski definition) is 4. The van der Waals surface area contributed by atoms with Gasteiger partial charge in [0.05, 0.1) is 6.04 Å². The van der Waals surface area contributed by atoms with Crippen molar-refractivity contribution >= 4 is 12.1 Å². The normalized spacial score (nSPS) is 24.2. The predicted octanol–water partition coefficient (Wildman–Crippen LogP) is 3.05. The smallest absolute Gasteiger partial charge is 0.410 e. The van der Waals surface area contributed by atoms with E-state index < -0.39 is 0 Å². The number of rotatable bonds is 3. The third kappa shape index (κ3) is 3.92. The number of likely N-dealkylation sites (tertiary alicyclic amines) is 1. The number of hydrogen-bond donors (Lipinski definition) is 0. The van der Waals surface area contributed by atoms with Gasteiger partial charge < -0.3 is 14.4 Å². The Hall–Kier alpha value is -2.30. The van der Waals surface area contributed by atoms with E-state index in [2.05, 4.69) is 0 Å². The van der Waals surface area contributed by atoms with Gasteiger partial charge in [0.25, 0.3) is 0 Å². The molecule has 0 N–H and O–H groups in total. The standard InChI is InChI=1S/C18H21NO4/c20-17-11-10-16(23-17)15-9-5-2-6-12-19(15)18(21)22-13-14-7-3-1-4-8-14/h1,3-4,7-8,10-11,15-16H,2,5-6,9,12-13H2/t15-,16+/m1/s1. The highest BCUT2D eigenvalue weighted by molar-refractivity contribution is 5.84. The fourth-order valence-corrected chi connectivity index (χ4v) is 3.10. The molecule has 5 nitrogen and oxygen atoms in total. The Bertz CT molecular complexity index is 584. The van der Waals surface area contributed by atoms with Crippen molar-refractivity contribution in [2.75, 3.05) is 6.54 Å². The predicted molar refractivity (Wildman–Crippen MR) is 84.6 cm³/mol. The third-order valence-corrected chi connectivity index (χ3v) is 4.29. The average molecular weight is 315 g/mol. The third-order valence-electron chi connectivity index (χ3n) is 4.29. The molecule has 1 aromatic carbocycles. The lowest BCUT2D eigenvalue weighted by Gasteiger charge is -2.32. The number of cyclic esters (lactones) is 1. The molecule has 0 saturated carbocycles. The minimum absolute atomic E-state index is 0.136. The largest absolute Gasteiger partial charge is 0.453 e. The molecule has 2 heterocycles. The summed E-state index contributed by atoms with van der Waals surface area (Å²) in [5.74, 6) is -0.336. The van der Waals surface area contributed by atoms with Crippen LogP contribution in [0.5, 0.6) is 0 Å². The van der Waals surface area contributed by atoms with Gasteiger partial charge in [-0.25, -0.2) is 9.59 Å². The highest BCUT2D eigenvalue weighted by Crippen LogP contribution is 2.25. The molecule has 0 aliphatic carbocycles. The van der Waals surface area contributed by atoms with Crippen LogP contribution in [0.4, 0.5) is 4.79 Å². The van der Waals surface area contributed by atoms with Crippen LogP contribution < -0.4 is 0 Å². The number of esters is 1. The van der Waals surface area contributed by atoms with Gasteiger partial charge in [0.1, 0.15) is 12.7 Å². The Labute approximate surface area is 135 Å². The van der Waals surface area contributed by atoms with Gasteiger partial charge >= 0.3 is 12.1 Å². The van der Waals surface area contributed by atoms with E-state index in [1.54, 1.807) is 11.0 Å². The van der Waals surface area contributed by atoms with Gasteiger partial charge in [-0.15, -0.1) is 0 Å². The molecule has 23 heavy (non-hydrogen) atoms. The second-order valence-corrected chi connectivity index (χ2v) is 5.91. The minimum Gasteiger partial charge on any atom is -0.453 e. The summed E-state index contributed by atoms with van der Waals surface area (Å²) < 4.78 is 10.8. The van der Waals surface area contributed by atoms with Crippen LogP contribution in [-0.4, -0.2) is 35.7 Å². The molecule has 0 aromatic heterocycles. The molecule has 0 spiro atoms. The molecule has 0 bridgehead atoms. The lowest BCUT2D eigenvalue weighted by atomic mass is 10.0. The van der Waals surface area contributed by atoms with Crippen LogP contribution in [0.15, 0.2) is 42.5 Å². The van der Waals surface area contributed by atoms with Crippen molar-refractivity contribution in [1.82, 2.24) is 4.90 Å². The molecule has 3 rings (SSSR count). The minimum atomic E-state index is -0.357. The second-order valence-electron chi connectivity index (χ2n) is 5.91. The summed E-state index contributed by atoms with van der Waals surface area (Å²) in [7, 11) is 0. The Balaban J connectivity index is 1.65. The van der Waals surface area contributed by atoms with E-state index in [4.69, 9.17) is 9.47 Å². The van der Waals surface area contributed by atoms with Gasteiger partial charge in [0.15, 0.2) is 0 Å². The Morgan fingerprint density at radius 1 is 1.22 bits per heavy atom. The van der Waals surface area contributed by atoms with Crippen molar-refractivity contribution in [1.29, 1.82) is 0 Å². The topological polar surface area (TPSA) is 55.8 Å². The molecule has 1 aromatic rings. The molecule has 5 heteroatoms. The maximum Gasteiger partial charge on any atom is 0.410 e. The quantitative estimate of drug-likeness (QED) is 0.805. The summed E-state index contributed by atoms with van der Waals surface area (Å²) in [5.41, 5.74) is 0.958. The first-order valence-corrected chi connectivity index (χ1v) is 8.10. The van der Waals surface area contributed by atoms with E-state index in [0.717, 1.165) is 31.2 Å². The summed E-state index contributed by atoms with van der Waals surface area (Å²) in [6, 6.07) is 9.48. The van der Waals surface area contributed by atoms with Gasteiger partial charge in [-0.05, 0) is 24.5 Å². The molecule has 1 amide bonds. The van der Waals surface area contributed by atoms with Gasteiger partial charge in [-0.2, -0.15) is 0 Å². The van der Waals surface area contributed by atoms with Crippen molar-refractivity contribution in [3.8, 4) is 0 Å². The Morgan fingerprint density at radius 3 is 2.78 bits per heavy atom. The number of carbonyl (C=O) groups excluding carboxylic acids is 2. The van der Waals surface area contributed by atoms with Crippen LogP contribution in [0.25, 0.3) is 0 Å². The van der Waals surface area contributed by atoms with Crippen LogP contribution in [0, 0.1) is 0 Å². The zero-order valence-corrected chi connectivity index (χ0v) is 13.0. The van der Waals surface area contributed by atoms with E-state index in [0.29, 0.717) is 6.54 Å².